The summed E-state index contributed by atoms with van der Waals surface area (Å²) in [5, 5.41) is 14.7. The first-order chi connectivity index (χ1) is 15.2. The van der Waals surface area contributed by atoms with Crippen molar-refractivity contribution in [1.29, 1.82) is 0 Å². The number of halogens is 2. The molecule has 1 unspecified atom stereocenters. The number of rotatable bonds is 7. The summed E-state index contributed by atoms with van der Waals surface area (Å²) in [6, 6.07) is 9.61. The number of guanidine groups is 1. The van der Waals surface area contributed by atoms with Gasteiger partial charge in [-0.15, -0.1) is 24.0 Å². The topological polar surface area (TPSA) is 104 Å². The van der Waals surface area contributed by atoms with Crippen LogP contribution in [0, 0.1) is 0 Å². The van der Waals surface area contributed by atoms with Crippen LogP contribution in [0.3, 0.4) is 0 Å². The van der Waals surface area contributed by atoms with Gasteiger partial charge in [-0.1, -0.05) is 11.6 Å². The number of hydrogen-bond donors (Lipinski definition) is 3. The zero-order valence-electron chi connectivity index (χ0n) is 18.0. The lowest BCUT2D eigenvalue weighted by Gasteiger charge is -2.22. The highest BCUT2D eigenvalue weighted by molar-refractivity contribution is 14.0. The van der Waals surface area contributed by atoms with Gasteiger partial charge in [-0.25, -0.2) is 4.98 Å². The van der Waals surface area contributed by atoms with Gasteiger partial charge < -0.3 is 24.7 Å². The van der Waals surface area contributed by atoms with Crippen LogP contribution in [0.25, 0.3) is 11.6 Å². The fourth-order valence-corrected chi connectivity index (χ4v) is 3.78. The molecule has 1 fully saturated rings. The number of furan rings is 1. The number of aliphatic imine (C=N–C) groups is 1. The molecule has 32 heavy (non-hydrogen) atoms. The van der Waals surface area contributed by atoms with Gasteiger partial charge in [0.2, 0.25) is 5.82 Å². The molecule has 1 aliphatic rings. The Labute approximate surface area is 209 Å². The highest BCUT2D eigenvalue weighted by Crippen LogP contribution is 2.33. The van der Waals surface area contributed by atoms with E-state index in [2.05, 4.69) is 35.7 Å². The van der Waals surface area contributed by atoms with Gasteiger partial charge in [-0.2, -0.15) is 5.10 Å². The molecule has 1 aromatic carbocycles. The van der Waals surface area contributed by atoms with E-state index < -0.39 is 0 Å². The summed E-state index contributed by atoms with van der Waals surface area (Å²) in [4.78, 5) is 11.1. The predicted octanol–water partition coefficient (Wildman–Crippen LogP) is 3.33. The van der Waals surface area contributed by atoms with Gasteiger partial charge in [-0.3, -0.25) is 10.1 Å². The van der Waals surface area contributed by atoms with Crippen molar-refractivity contribution in [2.24, 2.45) is 4.99 Å². The molecule has 0 bridgehead atoms. The number of methoxy groups -OCH3 is 1. The van der Waals surface area contributed by atoms with Gasteiger partial charge in [0.15, 0.2) is 11.7 Å². The van der Waals surface area contributed by atoms with Crippen LogP contribution in [0.1, 0.15) is 12.2 Å². The molecule has 1 aliphatic heterocycles. The van der Waals surface area contributed by atoms with E-state index in [-0.39, 0.29) is 30.0 Å². The summed E-state index contributed by atoms with van der Waals surface area (Å²) in [5.41, 5.74) is 1.01. The summed E-state index contributed by atoms with van der Waals surface area (Å²) in [6.45, 7) is 2.43. The van der Waals surface area contributed by atoms with Gasteiger partial charge in [0.1, 0.15) is 11.6 Å². The first-order valence-corrected chi connectivity index (χ1v) is 10.5. The number of aromatic amines is 1. The average molecular weight is 572 g/mol. The first kappa shape index (κ1) is 24.2. The Morgan fingerprint density at radius 2 is 2.28 bits per heavy atom. The number of H-pyrrole nitrogens is 1. The molecule has 4 rings (SSSR count). The SMILES string of the molecule is CN=C(NCCc1nc(-c2ccco2)n[nH]1)NC1CCN(c2cc(Cl)ccc2OC)C1.I. The van der Waals surface area contributed by atoms with E-state index in [1.54, 1.807) is 20.4 Å². The smallest absolute Gasteiger partial charge is 0.216 e. The van der Waals surface area contributed by atoms with Gasteiger partial charge in [0.05, 0.1) is 19.1 Å². The molecule has 0 amide bonds. The van der Waals surface area contributed by atoms with E-state index in [4.69, 9.17) is 20.8 Å². The van der Waals surface area contributed by atoms with E-state index in [1.807, 2.05) is 30.3 Å². The largest absolute Gasteiger partial charge is 0.495 e. The summed E-state index contributed by atoms with van der Waals surface area (Å²) in [5.74, 6) is 3.58. The highest BCUT2D eigenvalue weighted by atomic mass is 127. The molecular weight excluding hydrogens is 545 g/mol. The normalized spacial score (nSPS) is 16.0. The number of ether oxygens (including phenoxy) is 1. The second kappa shape index (κ2) is 11.4. The minimum absolute atomic E-state index is 0. The van der Waals surface area contributed by atoms with Gasteiger partial charge in [0.25, 0.3) is 0 Å². The lowest BCUT2D eigenvalue weighted by atomic mass is 10.2. The fourth-order valence-electron chi connectivity index (χ4n) is 3.62. The standard InChI is InChI=1S/C21H26ClN7O2.HI/c1-23-21(24-9-7-19-26-20(28-27-19)18-4-3-11-31-18)25-15-8-10-29(13-15)16-12-14(22)5-6-17(16)30-2;/h3-6,11-12,15H,7-10,13H2,1-2H3,(H2,23,24,25)(H,26,27,28);1H. The van der Waals surface area contributed by atoms with Crippen LogP contribution < -0.4 is 20.3 Å². The number of benzene rings is 1. The molecule has 9 nitrogen and oxygen atoms in total. The third-order valence-corrected chi connectivity index (χ3v) is 5.40. The first-order valence-electron chi connectivity index (χ1n) is 10.2. The maximum atomic E-state index is 6.19. The maximum Gasteiger partial charge on any atom is 0.216 e. The number of anilines is 1. The number of hydrogen-bond acceptors (Lipinski definition) is 6. The van der Waals surface area contributed by atoms with Crippen LogP contribution in [-0.4, -0.2) is 61.0 Å². The van der Waals surface area contributed by atoms with Crippen LogP contribution in [-0.2, 0) is 6.42 Å². The van der Waals surface area contributed by atoms with Crippen molar-refractivity contribution in [2.75, 3.05) is 38.7 Å². The molecule has 2 aromatic heterocycles. The Bertz CT molecular complexity index is 1030. The zero-order valence-corrected chi connectivity index (χ0v) is 21.1. The van der Waals surface area contributed by atoms with Crippen molar-refractivity contribution in [1.82, 2.24) is 25.8 Å². The Morgan fingerprint density at radius 3 is 3.03 bits per heavy atom. The molecule has 0 saturated carbocycles. The fraction of sp³-hybridized carbons (Fsp3) is 0.381. The van der Waals surface area contributed by atoms with Crippen molar-refractivity contribution in [3.63, 3.8) is 0 Å². The van der Waals surface area contributed by atoms with E-state index in [9.17, 15) is 0 Å². The van der Waals surface area contributed by atoms with E-state index in [0.717, 1.165) is 42.7 Å². The second-order valence-electron chi connectivity index (χ2n) is 7.22. The van der Waals surface area contributed by atoms with E-state index in [1.165, 1.54) is 0 Å². The third-order valence-electron chi connectivity index (χ3n) is 5.16. The van der Waals surface area contributed by atoms with Gasteiger partial charge >= 0.3 is 0 Å². The van der Waals surface area contributed by atoms with Crippen LogP contribution in [0.5, 0.6) is 5.75 Å². The molecule has 172 valence electrons. The molecule has 3 aromatic rings. The summed E-state index contributed by atoms with van der Waals surface area (Å²) < 4.78 is 10.8. The molecule has 11 heteroatoms. The van der Waals surface area contributed by atoms with Crippen molar-refractivity contribution >= 4 is 47.2 Å². The number of nitrogens with one attached hydrogen (secondary N) is 3. The van der Waals surface area contributed by atoms with Crippen LogP contribution in [0.4, 0.5) is 5.69 Å². The Balaban J connectivity index is 0.00000289. The molecule has 3 N–H and O–H groups in total. The second-order valence-corrected chi connectivity index (χ2v) is 7.66. The highest BCUT2D eigenvalue weighted by Gasteiger charge is 2.25. The molecule has 0 aliphatic carbocycles. The predicted molar refractivity (Wildman–Crippen MR) is 136 cm³/mol. The van der Waals surface area contributed by atoms with Crippen LogP contribution in [0.15, 0.2) is 46.0 Å². The molecule has 3 heterocycles. The van der Waals surface area contributed by atoms with Crippen molar-refractivity contribution < 1.29 is 9.15 Å². The minimum Gasteiger partial charge on any atom is -0.495 e. The maximum absolute atomic E-state index is 6.19. The quantitative estimate of drug-likeness (QED) is 0.227. The number of nitrogens with zero attached hydrogens (tertiary/aromatic N) is 4. The molecule has 1 atom stereocenters. The van der Waals surface area contributed by atoms with Gasteiger partial charge in [0, 0.05) is 44.2 Å². The van der Waals surface area contributed by atoms with Crippen molar-refractivity contribution in [2.45, 2.75) is 18.9 Å². The lowest BCUT2D eigenvalue weighted by Crippen LogP contribution is -2.45. The number of aromatic nitrogens is 3. The monoisotopic (exact) mass is 571 g/mol. The summed E-state index contributed by atoms with van der Waals surface area (Å²) in [7, 11) is 3.45. The Morgan fingerprint density at radius 1 is 1.41 bits per heavy atom. The zero-order chi connectivity index (χ0) is 21.6. The van der Waals surface area contributed by atoms with Gasteiger partial charge in [-0.05, 0) is 36.8 Å². The van der Waals surface area contributed by atoms with Crippen LogP contribution in [0.2, 0.25) is 5.02 Å². The Kier molecular flexibility index (Phi) is 8.62. The third kappa shape index (κ3) is 5.85. The average Bonchev–Trinajstić information content (AvgIpc) is 3.54. The Hall–Kier alpha value is -2.47. The van der Waals surface area contributed by atoms with Crippen molar-refractivity contribution in [3.8, 4) is 17.3 Å². The summed E-state index contributed by atoms with van der Waals surface area (Å²) >= 11 is 6.19. The van der Waals surface area contributed by atoms with E-state index in [0.29, 0.717) is 29.6 Å². The molecule has 0 radical (unpaired) electrons. The molecular formula is C21H27ClIN7O2. The molecule has 1 saturated heterocycles. The van der Waals surface area contributed by atoms with Crippen molar-refractivity contribution in [3.05, 3.63) is 47.4 Å². The lowest BCUT2D eigenvalue weighted by molar-refractivity contribution is 0.415. The van der Waals surface area contributed by atoms with Crippen LogP contribution >= 0.6 is 35.6 Å². The van der Waals surface area contributed by atoms with E-state index >= 15 is 0 Å². The summed E-state index contributed by atoms with van der Waals surface area (Å²) in [6.07, 6.45) is 3.28. The molecule has 0 spiro atoms. The minimum atomic E-state index is 0.